The zero-order valence-corrected chi connectivity index (χ0v) is 14.6. The third kappa shape index (κ3) is 4.20. The number of aliphatic hydroxyl groups is 1. The van der Waals surface area contributed by atoms with Crippen LogP contribution in [0.4, 0.5) is 4.79 Å². The highest BCUT2D eigenvalue weighted by atomic mass is 16.5. The highest BCUT2D eigenvalue weighted by Crippen LogP contribution is 2.31. The minimum atomic E-state index is -0.291. The van der Waals surface area contributed by atoms with Crippen LogP contribution in [0, 0.1) is 5.92 Å². The van der Waals surface area contributed by atoms with E-state index in [1.165, 1.54) is 0 Å². The molecular formula is C18H26N2O4. The molecule has 0 saturated carbocycles. The number of carbonyl (C=O) groups excluding carboxylic acids is 1. The fourth-order valence-electron chi connectivity index (χ4n) is 2.36. The lowest BCUT2D eigenvalue weighted by Gasteiger charge is -2.21. The SMILES string of the molecule is CCOc1cccc2cc(C(C)NC(=O)NC(C)C(C)CO)oc12. The zero-order chi connectivity index (χ0) is 17.7. The average Bonchev–Trinajstić information content (AvgIpc) is 2.99. The largest absolute Gasteiger partial charge is 0.490 e. The Morgan fingerprint density at radius 3 is 2.71 bits per heavy atom. The number of ether oxygens (including phenoxy) is 1. The minimum Gasteiger partial charge on any atom is -0.490 e. The van der Waals surface area contributed by atoms with Crippen molar-refractivity contribution in [1.29, 1.82) is 0 Å². The normalized spacial score (nSPS) is 14.9. The van der Waals surface area contributed by atoms with E-state index in [1.807, 2.05) is 52.0 Å². The second-order valence-electron chi connectivity index (χ2n) is 6.04. The van der Waals surface area contributed by atoms with Crippen LogP contribution in [0.3, 0.4) is 0 Å². The van der Waals surface area contributed by atoms with E-state index >= 15 is 0 Å². The Morgan fingerprint density at radius 1 is 1.29 bits per heavy atom. The Balaban J connectivity index is 2.07. The number of para-hydroxylation sites is 1. The van der Waals surface area contributed by atoms with E-state index in [0.29, 0.717) is 23.7 Å². The number of aliphatic hydroxyl groups excluding tert-OH is 1. The van der Waals surface area contributed by atoms with Gasteiger partial charge in [-0.15, -0.1) is 0 Å². The van der Waals surface area contributed by atoms with Crippen molar-refractivity contribution in [1.82, 2.24) is 10.6 Å². The van der Waals surface area contributed by atoms with Gasteiger partial charge in [0.2, 0.25) is 0 Å². The second kappa shape index (κ2) is 8.06. The molecule has 0 spiro atoms. The van der Waals surface area contributed by atoms with Crippen LogP contribution in [0.15, 0.2) is 28.7 Å². The molecule has 24 heavy (non-hydrogen) atoms. The molecule has 0 bridgehead atoms. The number of nitrogens with one attached hydrogen (secondary N) is 2. The fourth-order valence-corrected chi connectivity index (χ4v) is 2.36. The molecule has 3 N–H and O–H groups in total. The number of furan rings is 1. The first-order valence-corrected chi connectivity index (χ1v) is 8.29. The maximum absolute atomic E-state index is 12.1. The lowest BCUT2D eigenvalue weighted by Crippen LogP contribution is -2.44. The van der Waals surface area contributed by atoms with E-state index in [1.54, 1.807) is 0 Å². The van der Waals surface area contributed by atoms with Crippen LogP contribution >= 0.6 is 0 Å². The van der Waals surface area contributed by atoms with Gasteiger partial charge in [0.15, 0.2) is 11.3 Å². The van der Waals surface area contributed by atoms with Crippen LogP contribution in [-0.4, -0.2) is 30.4 Å². The molecular weight excluding hydrogens is 308 g/mol. The lowest BCUT2D eigenvalue weighted by atomic mass is 10.1. The average molecular weight is 334 g/mol. The van der Waals surface area contributed by atoms with Crippen molar-refractivity contribution in [2.45, 2.75) is 39.8 Å². The molecule has 3 unspecified atom stereocenters. The Bertz CT molecular complexity index is 683. The van der Waals surface area contributed by atoms with Crippen molar-refractivity contribution in [3.8, 4) is 5.75 Å². The summed E-state index contributed by atoms with van der Waals surface area (Å²) in [6, 6.07) is 6.93. The van der Waals surface area contributed by atoms with Crippen LogP contribution in [0.25, 0.3) is 11.0 Å². The molecule has 1 heterocycles. The van der Waals surface area contributed by atoms with Crippen LogP contribution in [0.2, 0.25) is 0 Å². The van der Waals surface area contributed by atoms with E-state index in [-0.39, 0.29) is 30.6 Å². The molecule has 0 radical (unpaired) electrons. The molecule has 6 heteroatoms. The molecule has 1 aromatic carbocycles. The number of urea groups is 1. The third-order valence-electron chi connectivity index (χ3n) is 4.10. The summed E-state index contributed by atoms with van der Waals surface area (Å²) in [7, 11) is 0. The number of amides is 2. The van der Waals surface area contributed by atoms with E-state index in [4.69, 9.17) is 14.3 Å². The minimum absolute atomic E-state index is 0.00833. The summed E-state index contributed by atoms with van der Waals surface area (Å²) in [4.78, 5) is 12.1. The van der Waals surface area contributed by atoms with E-state index in [0.717, 1.165) is 5.39 Å². The van der Waals surface area contributed by atoms with Gasteiger partial charge in [-0.25, -0.2) is 4.79 Å². The van der Waals surface area contributed by atoms with Gasteiger partial charge in [0, 0.05) is 18.0 Å². The number of carbonyl (C=O) groups is 1. The maximum Gasteiger partial charge on any atom is 0.315 e. The standard InChI is InChI=1S/C18H26N2O4/c1-5-23-15-8-6-7-14-9-16(24-17(14)15)13(4)20-18(22)19-12(3)11(2)10-21/h6-9,11-13,21H,5,10H2,1-4H3,(H2,19,20,22). The summed E-state index contributed by atoms with van der Waals surface area (Å²) < 4.78 is 11.4. The quantitative estimate of drug-likeness (QED) is 0.726. The first-order chi connectivity index (χ1) is 11.5. The smallest absolute Gasteiger partial charge is 0.315 e. The molecule has 2 rings (SSSR count). The van der Waals surface area contributed by atoms with E-state index in [9.17, 15) is 4.79 Å². The molecule has 1 aromatic heterocycles. The van der Waals surface area contributed by atoms with Crippen LogP contribution < -0.4 is 15.4 Å². The molecule has 2 amide bonds. The highest BCUT2D eigenvalue weighted by molar-refractivity contribution is 5.84. The summed E-state index contributed by atoms with van der Waals surface area (Å²) in [5.41, 5.74) is 0.686. The first-order valence-electron chi connectivity index (χ1n) is 8.29. The van der Waals surface area contributed by atoms with Crippen molar-refractivity contribution in [3.05, 3.63) is 30.0 Å². The Labute approximate surface area is 142 Å². The Morgan fingerprint density at radius 2 is 2.04 bits per heavy atom. The van der Waals surface area contributed by atoms with Gasteiger partial charge in [0.25, 0.3) is 0 Å². The Kier molecular flexibility index (Phi) is 6.09. The molecule has 0 fully saturated rings. The van der Waals surface area contributed by atoms with Crippen molar-refractivity contribution in [2.75, 3.05) is 13.2 Å². The molecule has 0 aliphatic heterocycles. The molecule has 6 nitrogen and oxygen atoms in total. The fraction of sp³-hybridized carbons (Fsp3) is 0.500. The predicted octanol–water partition coefficient (Wildman–Crippen LogP) is 3.21. The molecule has 2 aromatic rings. The maximum atomic E-state index is 12.1. The summed E-state index contributed by atoms with van der Waals surface area (Å²) in [6.07, 6.45) is 0. The summed E-state index contributed by atoms with van der Waals surface area (Å²) >= 11 is 0. The van der Waals surface area contributed by atoms with Crippen molar-refractivity contribution < 1.29 is 19.1 Å². The van der Waals surface area contributed by atoms with Gasteiger partial charge in [0.05, 0.1) is 12.6 Å². The number of benzene rings is 1. The van der Waals surface area contributed by atoms with Gasteiger partial charge in [0.1, 0.15) is 5.76 Å². The topological polar surface area (TPSA) is 83.7 Å². The number of fused-ring (bicyclic) bond motifs is 1. The number of rotatable bonds is 7. The van der Waals surface area contributed by atoms with Gasteiger partial charge in [-0.05, 0) is 38.8 Å². The molecule has 132 valence electrons. The van der Waals surface area contributed by atoms with Crippen molar-refractivity contribution in [2.24, 2.45) is 5.92 Å². The van der Waals surface area contributed by atoms with Crippen LogP contribution in [0.1, 0.15) is 39.5 Å². The molecule has 0 aliphatic carbocycles. The monoisotopic (exact) mass is 334 g/mol. The second-order valence-corrected chi connectivity index (χ2v) is 6.04. The molecule has 0 aliphatic rings. The Hall–Kier alpha value is -2.21. The van der Waals surface area contributed by atoms with Crippen LogP contribution in [-0.2, 0) is 0 Å². The molecule has 3 atom stereocenters. The summed E-state index contributed by atoms with van der Waals surface area (Å²) in [6.45, 7) is 8.11. The summed E-state index contributed by atoms with van der Waals surface area (Å²) in [5, 5.41) is 15.7. The molecule has 0 saturated heterocycles. The van der Waals surface area contributed by atoms with Crippen LogP contribution in [0.5, 0.6) is 5.75 Å². The number of hydrogen-bond acceptors (Lipinski definition) is 4. The van der Waals surface area contributed by atoms with E-state index < -0.39 is 0 Å². The summed E-state index contributed by atoms with van der Waals surface area (Å²) in [5.74, 6) is 1.35. The van der Waals surface area contributed by atoms with Gasteiger partial charge in [-0.3, -0.25) is 0 Å². The van der Waals surface area contributed by atoms with Gasteiger partial charge >= 0.3 is 6.03 Å². The number of hydrogen-bond donors (Lipinski definition) is 3. The zero-order valence-electron chi connectivity index (χ0n) is 14.6. The van der Waals surface area contributed by atoms with Gasteiger partial charge < -0.3 is 24.9 Å². The highest BCUT2D eigenvalue weighted by Gasteiger charge is 2.18. The van der Waals surface area contributed by atoms with Gasteiger partial charge in [-0.1, -0.05) is 19.1 Å². The third-order valence-corrected chi connectivity index (χ3v) is 4.10. The van der Waals surface area contributed by atoms with Gasteiger partial charge in [-0.2, -0.15) is 0 Å². The predicted molar refractivity (Wildman–Crippen MR) is 93.2 cm³/mol. The van der Waals surface area contributed by atoms with E-state index in [2.05, 4.69) is 10.6 Å². The van der Waals surface area contributed by atoms with Crippen molar-refractivity contribution >= 4 is 17.0 Å². The van der Waals surface area contributed by atoms with Crippen molar-refractivity contribution in [3.63, 3.8) is 0 Å². The lowest BCUT2D eigenvalue weighted by molar-refractivity contribution is 0.199. The first kappa shape index (κ1) is 18.1.